The Morgan fingerprint density at radius 2 is 1.68 bits per heavy atom. The quantitative estimate of drug-likeness (QED) is 0.693. The first-order valence-electron chi connectivity index (χ1n) is 10.5. The Balaban J connectivity index is 1.66. The largest absolute Gasteiger partial charge is 0.468 e. The molecular formula is C24H29N3O4. The molecule has 1 aliphatic heterocycles. The predicted molar refractivity (Wildman–Crippen MR) is 119 cm³/mol. The lowest BCUT2D eigenvalue weighted by Gasteiger charge is -2.34. The second-order valence-corrected chi connectivity index (χ2v) is 7.52. The van der Waals surface area contributed by atoms with Gasteiger partial charge in [0.25, 0.3) is 5.91 Å². The second-order valence-electron chi connectivity index (χ2n) is 7.52. The SMILES string of the molecule is CCN(CC)C(=O)c1ccc(NC(=O)CN2Cc3ccccc3C[C@H]2C(=O)OC)cc1. The first-order valence-corrected chi connectivity index (χ1v) is 10.5. The van der Waals surface area contributed by atoms with Crippen molar-refractivity contribution in [1.29, 1.82) is 0 Å². The van der Waals surface area contributed by atoms with Crippen molar-refractivity contribution in [3.63, 3.8) is 0 Å². The molecule has 1 N–H and O–H groups in total. The number of ether oxygens (including phenoxy) is 1. The molecule has 31 heavy (non-hydrogen) atoms. The van der Waals surface area contributed by atoms with E-state index in [4.69, 9.17) is 4.74 Å². The summed E-state index contributed by atoms with van der Waals surface area (Å²) in [6.07, 6.45) is 0.512. The summed E-state index contributed by atoms with van der Waals surface area (Å²) < 4.78 is 4.96. The first-order chi connectivity index (χ1) is 15.0. The van der Waals surface area contributed by atoms with Gasteiger partial charge in [-0.15, -0.1) is 0 Å². The summed E-state index contributed by atoms with van der Waals surface area (Å²) in [7, 11) is 1.36. The van der Waals surface area contributed by atoms with Gasteiger partial charge in [0.15, 0.2) is 0 Å². The number of fused-ring (bicyclic) bond motifs is 1. The Morgan fingerprint density at radius 1 is 1.03 bits per heavy atom. The van der Waals surface area contributed by atoms with Crippen molar-refractivity contribution in [2.75, 3.05) is 32.1 Å². The number of methoxy groups -OCH3 is 1. The number of hydrogen-bond donors (Lipinski definition) is 1. The minimum atomic E-state index is -0.500. The van der Waals surface area contributed by atoms with E-state index >= 15 is 0 Å². The van der Waals surface area contributed by atoms with E-state index in [-0.39, 0.29) is 24.3 Å². The van der Waals surface area contributed by atoms with Gasteiger partial charge in [-0.1, -0.05) is 24.3 Å². The molecule has 3 rings (SSSR count). The van der Waals surface area contributed by atoms with Crippen LogP contribution in [0.3, 0.4) is 0 Å². The smallest absolute Gasteiger partial charge is 0.323 e. The molecule has 0 spiro atoms. The van der Waals surface area contributed by atoms with E-state index in [2.05, 4.69) is 5.32 Å². The summed E-state index contributed by atoms with van der Waals surface area (Å²) in [6, 6.07) is 14.3. The number of amides is 2. The zero-order valence-electron chi connectivity index (χ0n) is 18.3. The zero-order valence-corrected chi connectivity index (χ0v) is 18.3. The lowest BCUT2D eigenvalue weighted by molar-refractivity contribution is -0.148. The van der Waals surface area contributed by atoms with Crippen LogP contribution in [0.2, 0.25) is 0 Å². The van der Waals surface area contributed by atoms with Crippen molar-refractivity contribution in [2.45, 2.75) is 32.9 Å². The van der Waals surface area contributed by atoms with Crippen LogP contribution in [-0.4, -0.2) is 60.4 Å². The van der Waals surface area contributed by atoms with Crippen molar-refractivity contribution in [3.05, 3.63) is 65.2 Å². The van der Waals surface area contributed by atoms with Gasteiger partial charge in [0.2, 0.25) is 5.91 Å². The maximum absolute atomic E-state index is 12.7. The van der Waals surface area contributed by atoms with Crippen LogP contribution in [0.5, 0.6) is 0 Å². The van der Waals surface area contributed by atoms with Gasteiger partial charge in [0.1, 0.15) is 6.04 Å². The minimum Gasteiger partial charge on any atom is -0.468 e. The maximum Gasteiger partial charge on any atom is 0.323 e. The van der Waals surface area contributed by atoms with Gasteiger partial charge in [-0.3, -0.25) is 19.3 Å². The van der Waals surface area contributed by atoms with E-state index in [1.54, 1.807) is 29.2 Å². The fourth-order valence-corrected chi connectivity index (χ4v) is 3.89. The maximum atomic E-state index is 12.7. The molecule has 2 aromatic carbocycles. The molecule has 2 amide bonds. The molecule has 0 bridgehead atoms. The highest BCUT2D eigenvalue weighted by atomic mass is 16.5. The van der Waals surface area contributed by atoms with Gasteiger partial charge < -0.3 is 15.0 Å². The van der Waals surface area contributed by atoms with Crippen LogP contribution in [0.25, 0.3) is 0 Å². The molecule has 7 nitrogen and oxygen atoms in total. The lowest BCUT2D eigenvalue weighted by Crippen LogP contribution is -2.49. The average molecular weight is 424 g/mol. The van der Waals surface area contributed by atoms with E-state index in [9.17, 15) is 14.4 Å². The van der Waals surface area contributed by atoms with Crippen molar-refractivity contribution >= 4 is 23.5 Å². The lowest BCUT2D eigenvalue weighted by atomic mass is 9.94. The van der Waals surface area contributed by atoms with Crippen LogP contribution in [-0.2, 0) is 27.3 Å². The Morgan fingerprint density at radius 3 is 2.29 bits per heavy atom. The van der Waals surface area contributed by atoms with Gasteiger partial charge in [-0.25, -0.2) is 0 Å². The third-order valence-electron chi connectivity index (χ3n) is 5.63. The Bertz CT molecular complexity index is 938. The molecule has 7 heteroatoms. The molecular weight excluding hydrogens is 394 g/mol. The molecule has 0 unspecified atom stereocenters. The molecule has 2 aromatic rings. The fraction of sp³-hybridized carbons (Fsp3) is 0.375. The number of carbonyl (C=O) groups excluding carboxylic acids is 3. The number of esters is 1. The van der Waals surface area contributed by atoms with E-state index < -0.39 is 6.04 Å². The third kappa shape index (κ3) is 5.30. The van der Waals surface area contributed by atoms with E-state index in [1.807, 2.05) is 43.0 Å². The Labute approximate surface area is 183 Å². The van der Waals surface area contributed by atoms with Crippen LogP contribution in [0.4, 0.5) is 5.69 Å². The molecule has 1 heterocycles. The highest BCUT2D eigenvalue weighted by molar-refractivity contribution is 5.96. The van der Waals surface area contributed by atoms with Gasteiger partial charge >= 0.3 is 5.97 Å². The monoisotopic (exact) mass is 423 g/mol. The van der Waals surface area contributed by atoms with Gasteiger partial charge in [0, 0.05) is 30.9 Å². The fourth-order valence-electron chi connectivity index (χ4n) is 3.89. The van der Waals surface area contributed by atoms with Crippen LogP contribution in [0, 0.1) is 0 Å². The third-order valence-corrected chi connectivity index (χ3v) is 5.63. The van der Waals surface area contributed by atoms with Crippen LogP contribution >= 0.6 is 0 Å². The van der Waals surface area contributed by atoms with Crippen molar-refractivity contribution in [3.8, 4) is 0 Å². The normalized spacial score (nSPS) is 15.6. The second kappa shape index (κ2) is 10.2. The number of hydrogen-bond acceptors (Lipinski definition) is 5. The summed E-state index contributed by atoms with van der Waals surface area (Å²) >= 11 is 0. The number of nitrogens with one attached hydrogen (secondary N) is 1. The molecule has 1 aliphatic rings. The van der Waals surface area contributed by atoms with Gasteiger partial charge in [-0.2, -0.15) is 0 Å². The first kappa shape index (κ1) is 22.5. The Kier molecular flexibility index (Phi) is 7.41. The molecule has 0 saturated heterocycles. The highest BCUT2D eigenvalue weighted by Gasteiger charge is 2.33. The molecule has 0 radical (unpaired) electrons. The van der Waals surface area contributed by atoms with Crippen LogP contribution < -0.4 is 5.32 Å². The van der Waals surface area contributed by atoms with Gasteiger partial charge in [-0.05, 0) is 55.7 Å². The number of anilines is 1. The zero-order chi connectivity index (χ0) is 22.4. The standard InChI is InChI=1S/C24H29N3O4/c1-4-26(5-2)23(29)17-10-12-20(13-11-17)25-22(28)16-27-15-19-9-7-6-8-18(19)14-21(27)24(30)31-3/h6-13,21H,4-5,14-16H2,1-3H3,(H,25,28)/t21-/m0/s1. The average Bonchev–Trinajstić information content (AvgIpc) is 2.79. The number of benzene rings is 2. The molecule has 0 saturated carbocycles. The Hall–Kier alpha value is -3.19. The summed E-state index contributed by atoms with van der Waals surface area (Å²) in [4.78, 5) is 41.0. The van der Waals surface area contributed by atoms with Crippen LogP contribution in [0.15, 0.2) is 48.5 Å². The van der Waals surface area contributed by atoms with Crippen molar-refractivity contribution in [1.82, 2.24) is 9.80 Å². The minimum absolute atomic E-state index is 0.0317. The molecule has 0 aliphatic carbocycles. The van der Waals surface area contributed by atoms with E-state index in [0.717, 1.165) is 11.1 Å². The summed E-state index contributed by atoms with van der Waals surface area (Å²) in [5, 5.41) is 2.86. The number of rotatable bonds is 7. The van der Waals surface area contributed by atoms with Gasteiger partial charge in [0.05, 0.1) is 13.7 Å². The number of nitrogens with zero attached hydrogens (tertiary/aromatic N) is 2. The van der Waals surface area contributed by atoms with E-state index in [1.165, 1.54) is 7.11 Å². The predicted octanol–water partition coefficient (Wildman–Crippen LogP) is 2.71. The molecule has 164 valence electrons. The number of carbonyl (C=O) groups is 3. The van der Waals surface area contributed by atoms with Crippen LogP contribution in [0.1, 0.15) is 35.3 Å². The summed E-state index contributed by atoms with van der Waals surface area (Å²) in [5.41, 5.74) is 3.39. The highest BCUT2D eigenvalue weighted by Crippen LogP contribution is 2.24. The van der Waals surface area contributed by atoms with Crippen molar-refractivity contribution in [2.24, 2.45) is 0 Å². The molecule has 0 fully saturated rings. The molecule has 0 aromatic heterocycles. The van der Waals surface area contributed by atoms with E-state index in [0.29, 0.717) is 37.3 Å². The van der Waals surface area contributed by atoms with Crippen molar-refractivity contribution < 1.29 is 19.1 Å². The topological polar surface area (TPSA) is 79.0 Å². The summed E-state index contributed by atoms with van der Waals surface area (Å²) in [6.45, 7) is 5.74. The molecule has 1 atom stereocenters. The summed E-state index contributed by atoms with van der Waals surface area (Å²) in [5.74, 6) is -0.603.